The molecule has 5 heteroatoms. The van der Waals surface area contributed by atoms with Crippen molar-refractivity contribution in [2.75, 3.05) is 0 Å². The monoisotopic (exact) mass is 358 g/mol. The number of hydrogen-bond acceptors (Lipinski definition) is 2. The Morgan fingerprint density at radius 3 is 2.12 bits per heavy atom. The number of carbonyl (C=O) groups excluding carboxylic acids is 2. The van der Waals surface area contributed by atoms with Crippen LogP contribution < -0.4 is 10.6 Å². The summed E-state index contributed by atoms with van der Waals surface area (Å²) in [5.41, 5.74) is 2.75. The van der Waals surface area contributed by atoms with Gasteiger partial charge in [0.15, 0.2) is 0 Å². The highest BCUT2D eigenvalue weighted by Crippen LogP contribution is 2.14. The zero-order chi connectivity index (χ0) is 18.4. The first-order chi connectivity index (χ1) is 11.9. The largest absolute Gasteiger partial charge is 0.348 e. The molecule has 0 aliphatic carbocycles. The van der Waals surface area contributed by atoms with Crippen molar-refractivity contribution in [1.82, 2.24) is 10.6 Å². The molecule has 0 saturated carbocycles. The van der Waals surface area contributed by atoms with Crippen LogP contribution in [0.4, 0.5) is 0 Å². The van der Waals surface area contributed by atoms with Gasteiger partial charge in [-0.3, -0.25) is 9.59 Å². The molecule has 0 heterocycles. The van der Waals surface area contributed by atoms with Gasteiger partial charge in [0.2, 0.25) is 5.91 Å². The minimum absolute atomic E-state index is 0.131. The van der Waals surface area contributed by atoms with Gasteiger partial charge in [0.1, 0.15) is 6.04 Å². The normalized spacial score (nSPS) is 13.0. The van der Waals surface area contributed by atoms with E-state index >= 15 is 0 Å². The summed E-state index contributed by atoms with van der Waals surface area (Å²) < 4.78 is 0. The van der Waals surface area contributed by atoms with Crippen molar-refractivity contribution in [3.8, 4) is 0 Å². The molecule has 2 atom stereocenters. The Morgan fingerprint density at radius 1 is 0.960 bits per heavy atom. The molecule has 2 aromatic rings. The van der Waals surface area contributed by atoms with Crippen LogP contribution in [0, 0.1) is 0 Å². The molecule has 0 aliphatic heterocycles. The van der Waals surface area contributed by atoms with Gasteiger partial charge in [-0.05, 0) is 55.7 Å². The number of aryl methyl sites for hydroxylation is 1. The Kier molecular flexibility index (Phi) is 6.59. The van der Waals surface area contributed by atoms with E-state index in [1.54, 1.807) is 31.2 Å². The van der Waals surface area contributed by atoms with Crippen molar-refractivity contribution in [3.63, 3.8) is 0 Å². The maximum atomic E-state index is 12.3. The van der Waals surface area contributed by atoms with Gasteiger partial charge in [0, 0.05) is 10.6 Å². The van der Waals surface area contributed by atoms with E-state index < -0.39 is 6.04 Å². The molecule has 2 aromatic carbocycles. The smallest absolute Gasteiger partial charge is 0.251 e. The molecule has 132 valence electrons. The topological polar surface area (TPSA) is 58.2 Å². The second kappa shape index (κ2) is 8.67. The highest BCUT2D eigenvalue weighted by Gasteiger charge is 2.18. The van der Waals surface area contributed by atoms with E-state index in [1.807, 2.05) is 19.1 Å². The molecule has 0 bridgehead atoms. The molecular weight excluding hydrogens is 336 g/mol. The molecule has 2 unspecified atom stereocenters. The zero-order valence-corrected chi connectivity index (χ0v) is 15.4. The Bertz CT molecular complexity index is 726. The average molecular weight is 359 g/mol. The number of amides is 2. The van der Waals surface area contributed by atoms with E-state index in [0.29, 0.717) is 10.6 Å². The van der Waals surface area contributed by atoms with Crippen molar-refractivity contribution in [2.45, 2.75) is 39.3 Å². The quantitative estimate of drug-likeness (QED) is 0.822. The molecule has 0 fully saturated rings. The third-order valence-corrected chi connectivity index (χ3v) is 4.35. The van der Waals surface area contributed by atoms with Gasteiger partial charge in [-0.1, -0.05) is 42.8 Å². The van der Waals surface area contributed by atoms with Crippen LogP contribution >= 0.6 is 11.6 Å². The lowest BCUT2D eigenvalue weighted by atomic mass is 10.0. The standard InChI is InChI=1S/C20H23ClN2O2/c1-4-15-5-7-16(8-6-15)13(2)22-19(24)14(3)23-20(25)17-9-11-18(21)12-10-17/h5-14H,4H2,1-3H3,(H,22,24)(H,23,25). The summed E-state index contributed by atoms with van der Waals surface area (Å²) in [6, 6.07) is 13.9. The molecular formula is C20H23ClN2O2. The van der Waals surface area contributed by atoms with Crippen LogP contribution in [0.2, 0.25) is 5.02 Å². The van der Waals surface area contributed by atoms with Crippen molar-refractivity contribution >= 4 is 23.4 Å². The number of benzene rings is 2. The number of carbonyl (C=O) groups is 2. The molecule has 4 nitrogen and oxygen atoms in total. The average Bonchev–Trinajstić information content (AvgIpc) is 2.62. The summed E-state index contributed by atoms with van der Waals surface area (Å²) in [5, 5.41) is 6.18. The van der Waals surface area contributed by atoms with E-state index in [9.17, 15) is 9.59 Å². The van der Waals surface area contributed by atoms with Crippen molar-refractivity contribution in [1.29, 1.82) is 0 Å². The van der Waals surface area contributed by atoms with Crippen molar-refractivity contribution in [2.24, 2.45) is 0 Å². The lowest BCUT2D eigenvalue weighted by Gasteiger charge is -2.19. The van der Waals surface area contributed by atoms with Crippen LogP contribution in [-0.4, -0.2) is 17.9 Å². The van der Waals surface area contributed by atoms with Crippen LogP contribution in [0.1, 0.15) is 48.3 Å². The summed E-state index contributed by atoms with van der Waals surface area (Å²) in [5.74, 6) is -0.534. The van der Waals surface area contributed by atoms with E-state index in [0.717, 1.165) is 12.0 Å². The summed E-state index contributed by atoms with van der Waals surface area (Å²) in [6.45, 7) is 5.69. The predicted octanol–water partition coefficient (Wildman–Crippen LogP) is 3.90. The Balaban J connectivity index is 1.92. The van der Waals surface area contributed by atoms with Crippen LogP contribution in [-0.2, 0) is 11.2 Å². The van der Waals surface area contributed by atoms with Gasteiger partial charge in [0.25, 0.3) is 5.91 Å². The van der Waals surface area contributed by atoms with E-state index in [4.69, 9.17) is 11.6 Å². The number of halogens is 1. The van der Waals surface area contributed by atoms with Crippen LogP contribution in [0.25, 0.3) is 0 Å². The Morgan fingerprint density at radius 2 is 1.56 bits per heavy atom. The lowest BCUT2D eigenvalue weighted by molar-refractivity contribution is -0.123. The zero-order valence-electron chi connectivity index (χ0n) is 14.7. The van der Waals surface area contributed by atoms with E-state index in [2.05, 4.69) is 29.7 Å². The Hall–Kier alpha value is -2.33. The van der Waals surface area contributed by atoms with Crippen LogP contribution in [0.3, 0.4) is 0 Å². The van der Waals surface area contributed by atoms with Gasteiger partial charge in [-0.2, -0.15) is 0 Å². The fraction of sp³-hybridized carbons (Fsp3) is 0.300. The number of rotatable bonds is 6. The third-order valence-electron chi connectivity index (χ3n) is 4.09. The molecule has 0 spiro atoms. The SMILES string of the molecule is CCc1ccc(C(C)NC(=O)C(C)NC(=O)c2ccc(Cl)cc2)cc1. The Labute approximate surface area is 153 Å². The van der Waals surface area contributed by atoms with Crippen LogP contribution in [0.5, 0.6) is 0 Å². The van der Waals surface area contributed by atoms with Gasteiger partial charge >= 0.3 is 0 Å². The second-order valence-electron chi connectivity index (χ2n) is 6.03. The van der Waals surface area contributed by atoms with Gasteiger partial charge < -0.3 is 10.6 Å². The van der Waals surface area contributed by atoms with Gasteiger partial charge in [-0.15, -0.1) is 0 Å². The summed E-state index contributed by atoms with van der Waals surface area (Å²) >= 11 is 5.81. The maximum absolute atomic E-state index is 12.3. The predicted molar refractivity (Wildman–Crippen MR) is 101 cm³/mol. The first-order valence-electron chi connectivity index (χ1n) is 8.36. The molecule has 25 heavy (non-hydrogen) atoms. The third kappa shape index (κ3) is 5.33. The van der Waals surface area contributed by atoms with E-state index in [-0.39, 0.29) is 17.9 Å². The molecule has 2 rings (SSSR count). The lowest BCUT2D eigenvalue weighted by Crippen LogP contribution is -2.45. The molecule has 2 amide bonds. The fourth-order valence-electron chi connectivity index (χ4n) is 2.41. The molecule has 0 radical (unpaired) electrons. The highest BCUT2D eigenvalue weighted by molar-refractivity contribution is 6.30. The first-order valence-corrected chi connectivity index (χ1v) is 8.74. The minimum atomic E-state index is -0.638. The summed E-state index contributed by atoms with van der Waals surface area (Å²) in [7, 11) is 0. The molecule has 0 saturated heterocycles. The molecule has 2 N–H and O–H groups in total. The number of hydrogen-bond donors (Lipinski definition) is 2. The van der Waals surface area contributed by atoms with Crippen molar-refractivity contribution < 1.29 is 9.59 Å². The fourth-order valence-corrected chi connectivity index (χ4v) is 2.54. The maximum Gasteiger partial charge on any atom is 0.251 e. The summed E-state index contributed by atoms with van der Waals surface area (Å²) in [6.07, 6.45) is 0.981. The van der Waals surface area contributed by atoms with Gasteiger partial charge in [-0.25, -0.2) is 0 Å². The molecule has 0 aliphatic rings. The van der Waals surface area contributed by atoms with Crippen molar-refractivity contribution in [3.05, 3.63) is 70.2 Å². The highest BCUT2D eigenvalue weighted by atomic mass is 35.5. The second-order valence-corrected chi connectivity index (χ2v) is 6.46. The molecule has 0 aromatic heterocycles. The first kappa shape index (κ1) is 19.0. The summed E-state index contributed by atoms with van der Waals surface area (Å²) in [4.78, 5) is 24.5. The number of nitrogens with one attached hydrogen (secondary N) is 2. The minimum Gasteiger partial charge on any atom is -0.348 e. The van der Waals surface area contributed by atoms with Crippen LogP contribution in [0.15, 0.2) is 48.5 Å². The van der Waals surface area contributed by atoms with Gasteiger partial charge in [0.05, 0.1) is 6.04 Å². The van der Waals surface area contributed by atoms with E-state index in [1.165, 1.54) is 5.56 Å².